The van der Waals surface area contributed by atoms with Gasteiger partial charge in [0.1, 0.15) is 4.64 Å². The molecule has 0 spiro atoms. The number of benzene rings is 1. The van der Waals surface area contributed by atoms with Crippen LogP contribution in [0.5, 0.6) is 0 Å². The highest BCUT2D eigenvalue weighted by molar-refractivity contribution is 7.71. The van der Waals surface area contributed by atoms with E-state index < -0.39 is 0 Å². The molecule has 0 aliphatic carbocycles. The molecule has 1 unspecified atom stereocenters. The number of aromatic amines is 1. The van der Waals surface area contributed by atoms with Gasteiger partial charge in [-0.15, -0.1) is 0 Å². The lowest BCUT2D eigenvalue weighted by molar-refractivity contribution is 0.0941. The van der Waals surface area contributed by atoms with E-state index in [9.17, 15) is 4.79 Å². The minimum atomic E-state index is -0.153. The summed E-state index contributed by atoms with van der Waals surface area (Å²) in [4.78, 5) is 17.2. The SMILES string of the molecule is CN(C)C(CNC(=O)c1ccc[nH]c1=S)c1ccccc1. The van der Waals surface area contributed by atoms with Crippen molar-refractivity contribution in [3.63, 3.8) is 0 Å². The van der Waals surface area contributed by atoms with Crippen LogP contribution < -0.4 is 5.32 Å². The average molecular weight is 301 g/mol. The first-order chi connectivity index (χ1) is 10.1. The minimum Gasteiger partial charge on any atom is -0.352 e. The first-order valence-corrected chi connectivity index (χ1v) is 7.17. The number of aromatic nitrogens is 1. The number of nitrogens with zero attached hydrogens (tertiary/aromatic N) is 1. The number of pyridine rings is 1. The standard InChI is InChI=1S/C16H19N3OS/c1-19(2)14(12-7-4-3-5-8-12)11-18-15(20)13-9-6-10-17-16(13)21/h3-10,14H,11H2,1-2H3,(H,17,21)(H,18,20). The van der Waals surface area contributed by atoms with Crippen LogP contribution in [0.15, 0.2) is 48.7 Å². The van der Waals surface area contributed by atoms with Crippen molar-refractivity contribution in [2.24, 2.45) is 0 Å². The van der Waals surface area contributed by atoms with Gasteiger partial charge in [-0.2, -0.15) is 0 Å². The molecule has 0 aliphatic rings. The van der Waals surface area contributed by atoms with E-state index in [1.165, 1.54) is 5.56 Å². The number of hydrogen-bond acceptors (Lipinski definition) is 3. The zero-order valence-corrected chi connectivity index (χ0v) is 13.0. The predicted molar refractivity (Wildman–Crippen MR) is 86.8 cm³/mol. The number of hydrogen-bond donors (Lipinski definition) is 2. The third-order valence-corrected chi connectivity index (χ3v) is 3.66. The topological polar surface area (TPSA) is 48.1 Å². The van der Waals surface area contributed by atoms with E-state index >= 15 is 0 Å². The molecule has 2 aromatic rings. The van der Waals surface area contributed by atoms with Gasteiger partial charge >= 0.3 is 0 Å². The molecule has 4 nitrogen and oxygen atoms in total. The molecule has 2 N–H and O–H groups in total. The quantitative estimate of drug-likeness (QED) is 0.835. The lowest BCUT2D eigenvalue weighted by Crippen LogP contribution is -2.34. The van der Waals surface area contributed by atoms with Crippen molar-refractivity contribution in [2.75, 3.05) is 20.6 Å². The Morgan fingerprint density at radius 1 is 1.24 bits per heavy atom. The lowest BCUT2D eigenvalue weighted by Gasteiger charge is -2.25. The zero-order valence-electron chi connectivity index (χ0n) is 12.2. The molecule has 1 amide bonds. The van der Waals surface area contributed by atoms with Gasteiger partial charge in [0.15, 0.2) is 0 Å². The Balaban J connectivity index is 2.08. The number of H-pyrrole nitrogens is 1. The Morgan fingerprint density at radius 3 is 2.57 bits per heavy atom. The van der Waals surface area contributed by atoms with Crippen molar-refractivity contribution in [1.82, 2.24) is 15.2 Å². The summed E-state index contributed by atoms with van der Waals surface area (Å²) in [7, 11) is 4.00. The van der Waals surface area contributed by atoms with Gasteiger partial charge in [-0.25, -0.2) is 0 Å². The summed E-state index contributed by atoms with van der Waals surface area (Å²) in [6.45, 7) is 0.527. The van der Waals surface area contributed by atoms with Gasteiger partial charge in [-0.3, -0.25) is 4.79 Å². The molecule has 0 saturated carbocycles. The summed E-state index contributed by atoms with van der Waals surface area (Å²) < 4.78 is 0.455. The maximum absolute atomic E-state index is 12.2. The number of carbonyl (C=O) groups is 1. The Hall–Kier alpha value is -1.98. The van der Waals surface area contributed by atoms with E-state index in [0.29, 0.717) is 16.7 Å². The van der Waals surface area contributed by atoms with E-state index in [4.69, 9.17) is 12.2 Å². The highest BCUT2D eigenvalue weighted by Gasteiger charge is 2.16. The second-order valence-corrected chi connectivity index (χ2v) is 5.42. The fourth-order valence-electron chi connectivity index (χ4n) is 2.16. The zero-order chi connectivity index (χ0) is 15.2. The molecular weight excluding hydrogens is 282 g/mol. The van der Waals surface area contributed by atoms with Crippen LogP contribution in [0.2, 0.25) is 0 Å². The van der Waals surface area contributed by atoms with Gasteiger partial charge in [0.2, 0.25) is 0 Å². The molecule has 1 aromatic heterocycles. The monoisotopic (exact) mass is 301 g/mol. The summed E-state index contributed by atoms with van der Waals surface area (Å²) >= 11 is 5.13. The van der Waals surface area contributed by atoms with Crippen LogP contribution in [0, 0.1) is 4.64 Å². The maximum atomic E-state index is 12.2. The van der Waals surface area contributed by atoms with E-state index in [0.717, 1.165) is 0 Å². The Morgan fingerprint density at radius 2 is 1.95 bits per heavy atom. The first kappa shape index (κ1) is 15.4. The van der Waals surface area contributed by atoms with Crippen LogP contribution in [0.1, 0.15) is 22.0 Å². The largest absolute Gasteiger partial charge is 0.352 e. The third kappa shape index (κ3) is 4.00. The second-order valence-electron chi connectivity index (χ2n) is 5.01. The van der Waals surface area contributed by atoms with E-state index in [1.807, 2.05) is 32.3 Å². The van der Waals surface area contributed by atoms with Gasteiger partial charge in [0.25, 0.3) is 5.91 Å². The number of carbonyl (C=O) groups excluding carboxylic acids is 1. The van der Waals surface area contributed by atoms with Crippen LogP contribution in [-0.4, -0.2) is 36.4 Å². The predicted octanol–water partition coefficient (Wildman–Crippen LogP) is 2.78. The van der Waals surface area contributed by atoms with Crippen molar-refractivity contribution >= 4 is 18.1 Å². The van der Waals surface area contributed by atoms with Crippen molar-refractivity contribution in [3.8, 4) is 0 Å². The molecule has 1 atom stereocenters. The van der Waals surface area contributed by atoms with Gasteiger partial charge in [-0.05, 0) is 31.8 Å². The van der Waals surface area contributed by atoms with Crippen LogP contribution >= 0.6 is 12.2 Å². The molecule has 0 saturated heterocycles. The summed E-state index contributed by atoms with van der Waals surface area (Å²) in [5, 5.41) is 2.95. The lowest BCUT2D eigenvalue weighted by atomic mass is 10.1. The average Bonchev–Trinajstić information content (AvgIpc) is 2.48. The molecule has 1 aromatic carbocycles. The third-order valence-electron chi connectivity index (χ3n) is 3.33. The molecule has 110 valence electrons. The summed E-state index contributed by atoms with van der Waals surface area (Å²) in [5.41, 5.74) is 1.67. The summed E-state index contributed by atoms with van der Waals surface area (Å²) in [6.07, 6.45) is 1.71. The molecule has 0 aliphatic heterocycles. The van der Waals surface area contributed by atoms with Gasteiger partial charge in [0.05, 0.1) is 11.6 Å². The Kier molecular flexibility index (Phi) is 5.25. The molecular formula is C16H19N3OS. The first-order valence-electron chi connectivity index (χ1n) is 6.77. The molecule has 1 heterocycles. The van der Waals surface area contributed by atoms with E-state index in [2.05, 4.69) is 27.3 Å². The van der Waals surface area contributed by atoms with Crippen LogP contribution in [0.4, 0.5) is 0 Å². The molecule has 5 heteroatoms. The summed E-state index contributed by atoms with van der Waals surface area (Å²) in [5.74, 6) is -0.153. The number of rotatable bonds is 5. The van der Waals surface area contributed by atoms with Crippen LogP contribution in [-0.2, 0) is 0 Å². The number of amides is 1. The minimum absolute atomic E-state index is 0.122. The van der Waals surface area contributed by atoms with Gasteiger partial charge in [0, 0.05) is 12.7 Å². The fraction of sp³-hybridized carbons (Fsp3) is 0.250. The van der Waals surface area contributed by atoms with Gasteiger partial charge in [-0.1, -0.05) is 42.5 Å². The van der Waals surface area contributed by atoms with Gasteiger partial charge < -0.3 is 15.2 Å². The van der Waals surface area contributed by atoms with Crippen molar-refractivity contribution < 1.29 is 4.79 Å². The van der Waals surface area contributed by atoms with E-state index in [1.54, 1.807) is 18.3 Å². The molecule has 21 heavy (non-hydrogen) atoms. The number of likely N-dealkylation sites (N-methyl/N-ethyl adjacent to an activating group) is 1. The Bertz CT molecular complexity index is 652. The highest BCUT2D eigenvalue weighted by atomic mass is 32.1. The normalized spacial score (nSPS) is 12.1. The Labute approximate surface area is 129 Å². The molecule has 0 radical (unpaired) electrons. The highest BCUT2D eigenvalue weighted by Crippen LogP contribution is 2.16. The number of nitrogens with one attached hydrogen (secondary N) is 2. The molecule has 2 rings (SSSR count). The molecule has 0 fully saturated rings. The van der Waals surface area contributed by atoms with Crippen molar-refractivity contribution in [1.29, 1.82) is 0 Å². The smallest absolute Gasteiger partial charge is 0.254 e. The van der Waals surface area contributed by atoms with Crippen molar-refractivity contribution in [3.05, 3.63) is 64.4 Å². The van der Waals surface area contributed by atoms with Crippen LogP contribution in [0.25, 0.3) is 0 Å². The van der Waals surface area contributed by atoms with Crippen molar-refractivity contribution in [2.45, 2.75) is 6.04 Å². The fourth-order valence-corrected chi connectivity index (χ4v) is 2.39. The van der Waals surface area contributed by atoms with Crippen LogP contribution in [0.3, 0.4) is 0 Å². The second kappa shape index (κ2) is 7.15. The molecule has 0 bridgehead atoms. The summed E-state index contributed by atoms with van der Waals surface area (Å²) in [6, 6.07) is 13.7. The van der Waals surface area contributed by atoms with E-state index in [-0.39, 0.29) is 11.9 Å². The maximum Gasteiger partial charge on any atom is 0.254 e.